The highest BCUT2D eigenvalue weighted by Gasteiger charge is 2.16. The lowest BCUT2D eigenvalue weighted by atomic mass is 10.7. The second-order valence-corrected chi connectivity index (χ2v) is 6.81. The van der Waals surface area contributed by atoms with Crippen molar-refractivity contribution in [3.05, 3.63) is 15.9 Å². The van der Waals surface area contributed by atoms with Crippen molar-refractivity contribution in [2.45, 2.75) is 4.21 Å². The second kappa shape index (κ2) is 4.39. The molecule has 1 aromatic heterocycles. The summed E-state index contributed by atoms with van der Waals surface area (Å²) in [7, 11) is -3.60. The summed E-state index contributed by atoms with van der Waals surface area (Å²) in [6.45, 7) is -0.391. The molecule has 0 aliphatic heterocycles. The third kappa shape index (κ3) is 3.05. The zero-order valence-corrected chi connectivity index (χ0v) is 10.1. The van der Waals surface area contributed by atoms with Gasteiger partial charge < -0.3 is 5.73 Å². The average molecular weight is 299 g/mol. The van der Waals surface area contributed by atoms with Crippen LogP contribution in [0.3, 0.4) is 0 Å². The monoisotopic (exact) mass is 298 g/mol. The van der Waals surface area contributed by atoms with Gasteiger partial charge in [0.1, 0.15) is 4.21 Å². The molecule has 0 unspecified atom stereocenters. The van der Waals surface area contributed by atoms with E-state index in [1.54, 1.807) is 6.07 Å². The normalized spacial score (nSPS) is 11.5. The lowest BCUT2D eigenvalue weighted by molar-refractivity contribution is -0.116. The largest absolute Gasteiger partial charge is 0.369 e. The van der Waals surface area contributed by atoms with E-state index in [1.807, 2.05) is 0 Å². The minimum atomic E-state index is -3.60. The van der Waals surface area contributed by atoms with Crippen LogP contribution in [0, 0.1) is 0 Å². The number of thiophene rings is 1. The lowest BCUT2D eigenvalue weighted by Gasteiger charge is -2.00. The molecule has 0 aliphatic rings. The first-order chi connectivity index (χ1) is 6.42. The van der Waals surface area contributed by atoms with Gasteiger partial charge in [0.15, 0.2) is 0 Å². The number of carbonyl (C=O) groups excluding carboxylic acids is 1. The molecule has 14 heavy (non-hydrogen) atoms. The number of nitrogens with two attached hydrogens (primary N) is 1. The number of carbonyl (C=O) groups is 1. The second-order valence-electron chi connectivity index (χ2n) is 2.35. The van der Waals surface area contributed by atoms with Crippen LogP contribution in [0.1, 0.15) is 0 Å². The van der Waals surface area contributed by atoms with Gasteiger partial charge in [0.25, 0.3) is 10.0 Å². The zero-order valence-electron chi connectivity index (χ0n) is 6.86. The van der Waals surface area contributed by atoms with Gasteiger partial charge in [-0.05, 0) is 28.1 Å². The topological polar surface area (TPSA) is 89.3 Å². The molecule has 8 heteroatoms. The number of hydrogen-bond donors (Lipinski definition) is 2. The molecule has 1 rings (SSSR count). The van der Waals surface area contributed by atoms with E-state index in [0.29, 0.717) is 3.79 Å². The van der Waals surface area contributed by atoms with Crippen molar-refractivity contribution in [3.63, 3.8) is 0 Å². The highest BCUT2D eigenvalue weighted by atomic mass is 79.9. The first-order valence-electron chi connectivity index (χ1n) is 3.45. The van der Waals surface area contributed by atoms with Crippen molar-refractivity contribution >= 4 is 43.2 Å². The van der Waals surface area contributed by atoms with Crippen molar-refractivity contribution < 1.29 is 13.2 Å². The Kier molecular flexibility index (Phi) is 3.65. The lowest BCUT2D eigenvalue weighted by Crippen LogP contribution is -2.32. The van der Waals surface area contributed by atoms with Crippen LogP contribution in [0.15, 0.2) is 20.1 Å². The molecule has 0 aromatic carbocycles. The molecular weight excluding hydrogens is 292 g/mol. The van der Waals surface area contributed by atoms with Crippen LogP contribution in [-0.2, 0) is 14.8 Å². The molecule has 1 amide bonds. The van der Waals surface area contributed by atoms with E-state index < -0.39 is 22.5 Å². The Morgan fingerprint density at radius 1 is 1.57 bits per heavy atom. The first kappa shape index (κ1) is 11.6. The zero-order chi connectivity index (χ0) is 10.8. The minimum absolute atomic E-state index is 0.144. The Bertz CT molecular complexity index is 440. The fraction of sp³-hybridized carbons (Fsp3) is 0.167. The number of halogens is 1. The van der Waals surface area contributed by atoms with E-state index in [4.69, 9.17) is 5.73 Å². The average Bonchev–Trinajstić information content (AvgIpc) is 2.49. The van der Waals surface area contributed by atoms with E-state index in [2.05, 4.69) is 20.7 Å². The highest BCUT2D eigenvalue weighted by Crippen LogP contribution is 2.25. The molecular formula is C6H7BrN2O3S2. The van der Waals surface area contributed by atoms with Gasteiger partial charge in [-0.3, -0.25) is 4.79 Å². The summed E-state index contributed by atoms with van der Waals surface area (Å²) in [5, 5.41) is 0. The fourth-order valence-corrected chi connectivity index (χ4v) is 3.73. The molecule has 1 heterocycles. The number of nitrogens with one attached hydrogen (secondary N) is 1. The van der Waals surface area contributed by atoms with E-state index >= 15 is 0 Å². The standard InChI is InChI=1S/C6H7BrN2O3S2/c7-4-1-2-6(13-4)14(11,12)9-3-5(8)10/h1-2,9H,3H2,(H2,8,10). The van der Waals surface area contributed by atoms with Crippen molar-refractivity contribution in [2.24, 2.45) is 5.73 Å². The van der Waals surface area contributed by atoms with Crippen molar-refractivity contribution in [1.29, 1.82) is 0 Å². The summed E-state index contributed by atoms with van der Waals surface area (Å²) < 4.78 is 25.8. The molecule has 0 spiro atoms. The number of hydrogen-bond acceptors (Lipinski definition) is 4. The summed E-state index contributed by atoms with van der Waals surface area (Å²) in [6, 6.07) is 3.06. The maximum atomic E-state index is 11.4. The van der Waals surface area contributed by atoms with Gasteiger partial charge in [0.05, 0.1) is 10.3 Å². The molecule has 1 aromatic rings. The minimum Gasteiger partial charge on any atom is -0.369 e. The molecule has 0 aliphatic carbocycles. The summed E-state index contributed by atoms with van der Waals surface area (Å²) in [4.78, 5) is 10.4. The van der Waals surface area contributed by atoms with Crippen molar-refractivity contribution in [3.8, 4) is 0 Å². The number of amides is 1. The van der Waals surface area contributed by atoms with Crippen LogP contribution in [-0.4, -0.2) is 20.9 Å². The van der Waals surface area contributed by atoms with Crippen LogP contribution in [0.5, 0.6) is 0 Å². The molecule has 0 saturated heterocycles. The quantitative estimate of drug-likeness (QED) is 0.836. The van der Waals surface area contributed by atoms with Gasteiger partial charge >= 0.3 is 0 Å². The van der Waals surface area contributed by atoms with Gasteiger partial charge in [-0.25, -0.2) is 13.1 Å². The van der Waals surface area contributed by atoms with Crippen LogP contribution in [0.2, 0.25) is 0 Å². The summed E-state index contributed by atoms with van der Waals surface area (Å²) in [5.74, 6) is -0.718. The maximum Gasteiger partial charge on any atom is 0.250 e. The van der Waals surface area contributed by atoms with E-state index in [1.165, 1.54) is 6.07 Å². The summed E-state index contributed by atoms with van der Waals surface area (Å²) in [5.41, 5.74) is 4.81. The van der Waals surface area contributed by atoms with Gasteiger partial charge in [0, 0.05) is 0 Å². The number of sulfonamides is 1. The molecule has 3 N–H and O–H groups in total. The number of primary amides is 1. The molecule has 0 atom stereocenters. The summed E-state index contributed by atoms with van der Waals surface area (Å²) >= 11 is 4.20. The van der Waals surface area contributed by atoms with Crippen LogP contribution in [0.25, 0.3) is 0 Å². The van der Waals surface area contributed by atoms with E-state index in [-0.39, 0.29) is 4.21 Å². The molecule has 0 bridgehead atoms. The predicted molar refractivity (Wildman–Crippen MR) is 56.4 cm³/mol. The van der Waals surface area contributed by atoms with Crippen molar-refractivity contribution in [1.82, 2.24) is 4.72 Å². The van der Waals surface area contributed by atoms with Gasteiger partial charge in [-0.15, -0.1) is 11.3 Å². The third-order valence-electron chi connectivity index (χ3n) is 1.25. The third-order valence-corrected chi connectivity index (χ3v) is 4.77. The predicted octanol–water partition coefficient (Wildman–Crippen LogP) is 0.274. The molecule has 0 radical (unpaired) electrons. The fourth-order valence-electron chi connectivity index (χ4n) is 0.679. The molecule has 0 saturated carbocycles. The summed E-state index contributed by atoms with van der Waals surface area (Å²) in [6.07, 6.45) is 0. The van der Waals surface area contributed by atoms with Gasteiger partial charge in [-0.2, -0.15) is 0 Å². The molecule has 5 nitrogen and oxygen atoms in total. The molecule has 78 valence electrons. The first-order valence-corrected chi connectivity index (χ1v) is 6.54. The van der Waals surface area contributed by atoms with Crippen LogP contribution < -0.4 is 10.5 Å². The Morgan fingerprint density at radius 2 is 2.21 bits per heavy atom. The van der Waals surface area contributed by atoms with Crippen LogP contribution >= 0.6 is 27.3 Å². The van der Waals surface area contributed by atoms with Gasteiger partial charge in [-0.1, -0.05) is 0 Å². The highest BCUT2D eigenvalue weighted by molar-refractivity contribution is 9.11. The van der Waals surface area contributed by atoms with Crippen LogP contribution in [0.4, 0.5) is 0 Å². The molecule has 0 fully saturated rings. The SMILES string of the molecule is NC(=O)CNS(=O)(=O)c1ccc(Br)s1. The number of rotatable bonds is 4. The Hall–Kier alpha value is -0.440. The Morgan fingerprint density at radius 3 is 2.64 bits per heavy atom. The van der Waals surface area contributed by atoms with E-state index in [0.717, 1.165) is 11.3 Å². The van der Waals surface area contributed by atoms with E-state index in [9.17, 15) is 13.2 Å². The van der Waals surface area contributed by atoms with Crippen molar-refractivity contribution in [2.75, 3.05) is 6.54 Å². The Balaban J connectivity index is 2.81. The Labute approximate surface area is 93.5 Å². The van der Waals surface area contributed by atoms with Gasteiger partial charge in [0.2, 0.25) is 5.91 Å². The smallest absolute Gasteiger partial charge is 0.250 e. The maximum absolute atomic E-state index is 11.4.